The highest BCUT2D eigenvalue weighted by atomic mass is 16.4. The zero-order valence-electron chi connectivity index (χ0n) is 12.0. The van der Waals surface area contributed by atoms with Crippen molar-refractivity contribution in [2.75, 3.05) is 19.6 Å². The molecule has 1 amide bonds. The first-order chi connectivity index (χ1) is 9.00. The van der Waals surface area contributed by atoms with Crippen molar-refractivity contribution < 1.29 is 14.7 Å². The molecule has 0 aliphatic carbocycles. The van der Waals surface area contributed by atoms with E-state index < -0.39 is 12.0 Å². The van der Waals surface area contributed by atoms with Gasteiger partial charge in [-0.05, 0) is 44.8 Å². The number of hydrogen-bond acceptors (Lipinski definition) is 3. The lowest BCUT2D eigenvalue weighted by Gasteiger charge is -2.26. The van der Waals surface area contributed by atoms with Crippen LogP contribution in [-0.2, 0) is 9.59 Å². The smallest absolute Gasteiger partial charge is 0.326 e. The molecule has 1 saturated heterocycles. The zero-order chi connectivity index (χ0) is 14.3. The van der Waals surface area contributed by atoms with Gasteiger partial charge in [-0.15, -0.1) is 0 Å². The molecule has 0 aromatic rings. The van der Waals surface area contributed by atoms with Gasteiger partial charge in [-0.2, -0.15) is 0 Å². The number of aliphatic carboxylic acids is 1. The first-order valence-electron chi connectivity index (χ1n) is 7.25. The van der Waals surface area contributed by atoms with Gasteiger partial charge in [0.2, 0.25) is 5.91 Å². The van der Waals surface area contributed by atoms with E-state index in [-0.39, 0.29) is 11.8 Å². The van der Waals surface area contributed by atoms with Crippen LogP contribution in [0.5, 0.6) is 0 Å². The molecule has 5 heteroatoms. The Kier molecular flexibility index (Phi) is 6.84. The fourth-order valence-electron chi connectivity index (χ4n) is 2.41. The fourth-order valence-corrected chi connectivity index (χ4v) is 2.41. The molecule has 0 radical (unpaired) electrons. The minimum Gasteiger partial charge on any atom is -0.480 e. The van der Waals surface area contributed by atoms with E-state index in [0.717, 1.165) is 26.1 Å². The molecule has 0 saturated carbocycles. The molecule has 1 atom stereocenters. The van der Waals surface area contributed by atoms with Crippen molar-refractivity contribution in [3.05, 3.63) is 0 Å². The third-order valence-corrected chi connectivity index (χ3v) is 3.58. The van der Waals surface area contributed by atoms with Crippen LogP contribution >= 0.6 is 0 Å². The molecule has 0 bridgehead atoms. The van der Waals surface area contributed by atoms with Crippen LogP contribution < -0.4 is 5.32 Å². The number of nitrogens with zero attached hydrogens (tertiary/aromatic N) is 1. The van der Waals surface area contributed by atoms with Gasteiger partial charge in [0.05, 0.1) is 0 Å². The third kappa shape index (κ3) is 6.05. The van der Waals surface area contributed by atoms with Gasteiger partial charge < -0.3 is 15.3 Å². The SMILES string of the molecule is CC(C)C(NC(=O)CCCN1CCCCC1)C(=O)O. The summed E-state index contributed by atoms with van der Waals surface area (Å²) in [6.07, 6.45) is 5.02. The van der Waals surface area contributed by atoms with Crippen molar-refractivity contribution in [3.63, 3.8) is 0 Å². The molecule has 1 fully saturated rings. The van der Waals surface area contributed by atoms with Crippen LogP contribution in [0.2, 0.25) is 0 Å². The number of hydrogen-bond donors (Lipinski definition) is 2. The van der Waals surface area contributed by atoms with Crippen LogP contribution in [0.3, 0.4) is 0 Å². The number of piperidine rings is 1. The van der Waals surface area contributed by atoms with Gasteiger partial charge in [0.25, 0.3) is 0 Å². The lowest BCUT2D eigenvalue weighted by atomic mass is 10.0. The Morgan fingerprint density at radius 3 is 2.37 bits per heavy atom. The molecular weight excluding hydrogens is 244 g/mol. The van der Waals surface area contributed by atoms with Crippen LogP contribution in [0.1, 0.15) is 46.0 Å². The fraction of sp³-hybridized carbons (Fsp3) is 0.857. The average molecular weight is 270 g/mol. The van der Waals surface area contributed by atoms with Crippen LogP contribution in [0.4, 0.5) is 0 Å². The van der Waals surface area contributed by atoms with E-state index in [2.05, 4.69) is 10.2 Å². The zero-order valence-corrected chi connectivity index (χ0v) is 12.0. The Balaban J connectivity index is 2.21. The molecule has 0 spiro atoms. The predicted octanol–water partition coefficient (Wildman–Crippen LogP) is 1.48. The van der Waals surface area contributed by atoms with Gasteiger partial charge in [0.15, 0.2) is 0 Å². The van der Waals surface area contributed by atoms with Crippen molar-refractivity contribution in [2.45, 2.75) is 52.0 Å². The van der Waals surface area contributed by atoms with Crippen molar-refractivity contribution in [1.29, 1.82) is 0 Å². The summed E-state index contributed by atoms with van der Waals surface area (Å²) in [6, 6.07) is -0.775. The van der Waals surface area contributed by atoms with Crippen molar-refractivity contribution in [1.82, 2.24) is 10.2 Å². The quantitative estimate of drug-likeness (QED) is 0.735. The molecule has 0 aromatic heterocycles. The lowest BCUT2D eigenvalue weighted by Crippen LogP contribution is -2.44. The monoisotopic (exact) mass is 270 g/mol. The van der Waals surface area contributed by atoms with E-state index >= 15 is 0 Å². The second kappa shape index (κ2) is 8.15. The van der Waals surface area contributed by atoms with Gasteiger partial charge in [0.1, 0.15) is 6.04 Å². The number of rotatable bonds is 7. The summed E-state index contributed by atoms with van der Waals surface area (Å²) < 4.78 is 0. The van der Waals surface area contributed by atoms with Crippen LogP contribution in [-0.4, -0.2) is 47.6 Å². The van der Waals surface area contributed by atoms with Gasteiger partial charge in [-0.1, -0.05) is 20.3 Å². The van der Waals surface area contributed by atoms with Crippen molar-refractivity contribution in [2.24, 2.45) is 5.92 Å². The molecule has 1 aliphatic rings. The summed E-state index contributed by atoms with van der Waals surface area (Å²) in [5.41, 5.74) is 0. The highest BCUT2D eigenvalue weighted by molar-refractivity contribution is 5.83. The highest BCUT2D eigenvalue weighted by Crippen LogP contribution is 2.09. The van der Waals surface area contributed by atoms with Crippen molar-refractivity contribution >= 4 is 11.9 Å². The summed E-state index contributed by atoms with van der Waals surface area (Å²) in [6.45, 7) is 6.79. The minimum atomic E-state index is -0.959. The van der Waals surface area contributed by atoms with E-state index in [1.54, 1.807) is 13.8 Å². The Bertz CT molecular complexity index is 299. The second-order valence-corrected chi connectivity index (χ2v) is 5.63. The Morgan fingerprint density at radius 1 is 1.21 bits per heavy atom. The summed E-state index contributed by atoms with van der Waals surface area (Å²) in [5, 5.41) is 11.6. The molecule has 1 aliphatic heterocycles. The van der Waals surface area contributed by atoms with Crippen molar-refractivity contribution in [3.8, 4) is 0 Å². The molecule has 2 N–H and O–H groups in total. The number of carbonyl (C=O) groups is 2. The number of carboxylic acid groups (broad SMARTS) is 1. The number of nitrogens with one attached hydrogen (secondary N) is 1. The average Bonchev–Trinajstić information content (AvgIpc) is 2.36. The third-order valence-electron chi connectivity index (χ3n) is 3.58. The first kappa shape index (κ1) is 16.0. The largest absolute Gasteiger partial charge is 0.480 e. The second-order valence-electron chi connectivity index (χ2n) is 5.63. The van der Waals surface area contributed by atoms with Crippen LogP contribution in [0, 0.1) is 5.92 Å². The molecule has 110 valence electrons. The van der Waals surface area contributed by atoms with E-state index in [0.29, 0.717) is 6.42 Å². The van der Waals surface area contributed by atoms with Crippen LogP contribution in [0.15, 0.2) is 0 Å². The van der Waals surface area contributed by atoms with E-state index in [1.807, 2.05) is 0 Å². The molecule has 1 heterocycles. The summed E-state index contributed by atoms with van der Waals surface area (Å²) >= 11 is 0. The number of carboxylic acids is 1. The molecule has 1 rings (SSSR count). The summed E-state index contributed by atoms with van der Waals surface area (Å²) in [7, 11) is 0. The summed E-state index contributed by atoms with van der Waals surface area (Å²) in [4.78, 5) is 25.1. The normalized spacial score (nSPS) is 18.3. The molecular formula is C14H26N2O3. The maximum absolute atomic E-state index is 11.7. The van der Waals surface area contributed by atoms with Gasteiger partial charge >= 0.3 is 5.97 Å². The van der Waals surface area contributed by atoms with Crippen LogP contribution in [0.25, 0.3) is 0 Å². The van der Waals surface area contributed by atoms with Gasteiger partial charge in [-0.25, -0.2) is 4.79 Å². The summed E-state index contributed by atoms with van der Waals surface area (Å²) in [5.74, 6) is -1.21. The Labute approximate surface area is 115 Å². The maximum atomic E-state index is 11.7. The van der Waals surface area contributed by atoms with E-state index in [1.165, 1.54) is 19.3 Å². The first-order valence-corrected chi connectivity index (χ1v) is 7.25. The number of likely N-dealkylation sites (tertiary alicyclic amines) is 1. The highest BCUT2D eigenvalue weighted by Gasteiger charge is 2.23. The molecule has 5 nitrogen and oxygen atoms in total. The number of amides is 1. The maximum Gasteiger partial charge on any atom is 0.326 e. The molecule has 19 heavy (non-hydrogen) atoms. The lowest BCUT2D eigenvalue weighted by molar-refractivity contribution is -0.143. The predicted molar refractivity (Wildman–Crippen MR) is 73.9 cm³/mol. The van der Waals surface area contributed by atoms with E-state index in [9.17, 15) is 9.59 Å². The Hall–Kier alpha value is -1.10. The molecule has 0 aromatic carbocycles. The van der Waals surface area contributed by atoms with Gasteiger partial charge in [-0.3, -0.25) is 4.79 Å². The minimum absolute atomic E-state index is 0.0939. The Morgan fingerprint density at radius 2 is 1.84 bits per heavy atom. The molecule has 1 unspecified atom stereocenters. The standard InChI is InChI=1S/C14H26N2O3/c1-11(2)13(14(18)19)15-12(17)7-6-10-16-8-4-3-5-9-16/h11,13H,3-10H2,1-2H3,(H,15,17)(H,18,19). The van der Waals surface area contributed by atoms with E-state index in [4.69, 9.17) is 5.11 Å². The number of carbonyl (C=O) groups excluding carboxylic acids is 1. The van der Waals surface area contributed by atoms with Gasteiger partial charge in [0, 0.05) is 6.42 Å². The topological polar surface area (TPSA) is 69.6 Å².